The second kappa shape index (κ2) is 11.1. The Kier molecular flexibility index (Phi) is 8.00. The number of likely N-dealkylation sites (N-methyl/N-ethyl adjacent to an activating group) is 1. The Balaban J connectivity index is 1.42. The normalized spacial score (nSPS) is 16.1. The van der Waals surface area contributed by atoms with Crippen LogP contribution in [0, 0.1) is 5.92 Å². The van der Waals surface area contributed by atoms with Crippen LogP contribution in [0.3, 0.4) is 0 Å². The molecule has 4 heteroatoms. The Labute approximate surface area is 199 Å². The highest BCUT2D eigenvalue weighted by Crippen LogP contribution is 2.40. The smallest absolute Gasteiger partial charge is 0.202 e. The summed E-state index contributed by atoms with van der Waals surface area (Å²) >= 11 is 0. The average molecular weight is 447 g/mol. The number of hydrogen-bond donors (Lipinski definition) is 1. The summed E-state index contributed by atoms with van der Waals surface area (Å²) < 4.78 is 7.33. The van der Waals surface area contributed by atoms with E-state index in [1.165, 1.54) is 48.8 Å². The van der Waals surface area contributed by atoms with Crippen molar-refractivity contribution in [2.45, 2.75) is 57.5 Å². The largest absolute Gasteiger partial charge is 0.439 e. The van der Waals surface area contributed by atoms with Crippen molar-refractivity contribution in [1.29, 1.82) is 0 Å². The Morgan fingerprint density at radius 2 is 1.67 bits per heavy atom. The van der Waals surface area contributed by atoms with Crippen LogP contribution in [0.1, 0.15) is 66.4 Å². The van der Waals surface area contributed by atoms with Crippen molar-refractivity contribution >= 4 is 0 Å². The molecular formula is C29H40N3O+. The van der Waals surface area contributed by atoms with Gasteiger partial charge < -0.3 is 14.2 Å². The molecule has 1 aromatic heterocycles. The van der Waals surface area contributed by atoms with Crippen molar-refractivity contribution < 1.29 is 8.90 Å². The maximum Gasteiger partial charge on any atom is 0.202 e. The van der Waals surface area contributed by atoms with Crippen LogP contribution in [0.25, 0.3) is 0 Å². The fourth-order valence-electron chi connectivity index (χ4n) is 5.24. The first-order valence-electron chi connectivity index (χ1n) is 12.6. The van der Waals surface area contributed by atoms with E-state index in [-0.39, 0.29) is 5.92 Å². The zero-order chi connectivity index (χ0) is 23.1. The second-order valence-corrected chi connectivity index (χ2v) is 10.4. The van der Waals surface area contributed by atoms with E-state index in [0.717, 1.165) is 42.2 Å². The van der Waals surface area contributed by atoms with Gasteiger partial charge in [-0.15, -0.1) is 0 Å². The first-order chi connectivity index (χ1) is 16.0. The number of hydrogen-bond acceptors (Lipinski definition) is 3. The van der Waals surface area contributed by atoms with Gasteiger partial charge in [-0.05, 0) is 42.5 Å². The van der Waals surface area contributed by atoms with E-state index in [4.69, 9.17) is 9.40 Å². The maximum absolute atomic E-state index is 6.45. The fourth-order valence-corrected chi connectivity index (χ4v) is 5.24. The predicted molar refractivity (Wildman–Crippen MR) is 135 cm³/mol. The highest BCUT2D eigenvalue weighted by atomic mass is 16.4. The number of quaternary nitrogens is 1. The summed E-state index contributed by atoms with van der Waals surface area (Å²) in [7, 11) is 6.56. The van der Waals surface area contributed by atoms with Gasteiger partial charge in [0.1, 0.15) is 6.54 Å². The predicted octanol–water partition coefficient (Wildman–Crippen LogP) is 5.93. The lowest BCUT2D eigenvalue weighted by Gasteiger charge is -2.29. The second-order valence-electron chi connectivity index (χ2n) is 10.4. The van der Waals surface area contributed by atoms with Gasteiger partial charge in [-0.2, -0.15) is 0 Å². The molecule has 176 valence electrons. The minimum Gasteiger partial charge on any atom is -0.439 e. The minimum atomic E-state index is 0.270. The van der Waals surface area contributed by atoms with Crippen molar-refractivity contribution in [3.63, 3.8) is 0 Å². The summed E-state index contributed by atoms with van der Waals surface area (Å²) in [6.45, 7) is 2.84. The van der Waals surface area contributed by atoms with Crippen molar-refractivity contribution in [1.82, 2.24) is 10.3 Å². The molecule has 1 aliphatic carbocycles. The molecule has 0 amide bonds. The highest BCUT2D eigenvalue weighted by molar-refractivity contribution is 5.26. The van der Waals surface area contributed by atoms with Gasteiger partial charge in [0.15, 0.2) is 5.76 Å². The zero-order valence-corrected chi connectivity index (χ0v) is 20.6. The van der Waals surface area contributed by atoms with Gasteiger partial charge in [-0.25, -0.2) is 4.98 Å². The third kappa shape index (κ3) is 6.55. The Hall–Kier alpha value is -2.43. The third-order valence-corrected chi connectivity index (χ3v) is 7.11. The van der Waals surface area contributed by atoms with Crippen LogP contribution < -0.4 is 5.32 Å². The topological polar surface area (TPSA) is 38.1 Å². The molecule has 1 aliphatic rings. The summed E-state index contributed by atoms with van der Waals surface area (Å²) in [5.41, 5.74) is 4.06. The molecule has 0 saturated heterocycles. The van der Waals surface area contributed by atoms with E-state index >= 15 is 0 Å². The summed E-state index contributed by atoms with van der Waals surface area (Å²) in [4.78, 5) is 4.82. The summed E-state index contributed by atoms with van der Waals surface area (Å²) in [5, 5.41) is 3.21. The number of oxazole rings is 1. The number of benzene rings is 2. The third-order valence-electron chi connectivity index (χ3n) is 7.11. The van der Waals surface area contributed by atoms with Crippen LogP contribution in [0.5, 0.6) is 0 Å². The lowest BCUT2D eigenvalue weighted by Crippen LogP contribution is -2.40. The van der Waals surface area contributed by atoms with E-state index in [1.807, 2.05) is 13.2 Å². The van der Waals surface area contributed by atoms with Crippen LogP contribution in [-0.4, -0.2) is 37.2 Å². The Morgan fingerprint density at radius 1 is 0.970 bits per heavy atom. The molecule has 1 heterocycles. The quantitative estimate of drug-likeness (QED) is 0.393. The molecule has 4 rings (SSSR count). The number of nitrogens with zero attached hydrogens (tertiary/aromatic N) is 2. The molecule has 1 N–H and O–H groups in total. The van der Waals surface area contributed by atoms with Crippen LogP contribution in [0.2, 0.25) is 0 Å². The Morgan fingerprint density at radius 3 is 2.36 bits per heavy atom. The van der Waals surface area contributed by atoms with Crippen LogP contribution >= 0.6 is 0 Å². The van der Waals surface area contributed by atoms with Gasteiger partial charge in [-0.1, -0.05) is 73.9 Å². The van der Waals surface area contributed by atoms with Crippen molar-refractivity contribution in [2.75, 3.05) is 27.7 Å². The average Bonchev–Trinajstić information content (AvgIpc) is 3.27. The first-order valence-corrected chi connectivity index (χ1v) is 12.6. The molecular weight excluding hydrogens is 406 g/mol. The maximum atomic E-state index is 6.45. The van der Waals surface area contributed by atoms with Crippen LogP contribution in [-0.2, 0) is 19.5 Å². The molecule has 0 radical (unpaired) electrons. The monoisotopic (exact) mass is 446 g/mol. The van der Waals surface area contributed by atoms with Crippen molar-refractivity contribution in [3.05, 3.63) is 89.1 Å². The molecule has 4 nitrogen and oxygen atoms in total. The number of rotatable bonds is 10. The number of nitrogens with one attached hydrogen (secondary N) is 1. The lowest BCUT2D eigenvalue weighted by molar-refractivity contribution is -0.904. The van der Waals surface area contributed by atoms with E-state index < -0.39 is 0 Å². The van der Waals surface area contributed by atoms with Gasteiger partial charge in [0, 0.05) is 13.0 Å². The molecule has 1 saturated carbocycles. The van der Waals surface area contributed by atoms with Crippen LogP contribution in [0.15, 0.2) is 65.2 Å². The van der Waals surface area contributed by atoms with Gasteiger partial charge in [0.25, 0.3) is 0 Å². The molecule has 1 atom stereocenters. The molecule has 0 unspecified atom stereocenters. The van der Waals surface area contributed by atoms with Gasteiger partial charge in [0.05, 0.1) is 32.8 Å². The zero-order valence-electron chi connectivity index (χ0n) is 20.6. The van der Waals surface area contributed by atoms with Crippen LogP contribution in [0.4, 0.5) is 0 Å². The fraction of sp³-hybridized carbons (Fsp3) is 0.483. The molecule has 3 aromatic rings. The first kappa shape index (κ1) is 23.7. The van der Waals surface area contributed by atoms with Gasteiger partial charge in [-0.3, -0.25) is 0 Å². The van der Waals surface area contributed by atoms with E-state index in [9.17, 15) is 0 Å². The SMILES string of the molecule is CNCc1ccc(CC[N+](C)(C)Cc2cnc([C@H](c3ccccc3)C3CCCCC3)o2)cc1. The highest BCUT2D eigenvalue weighted by Gasteiger charge is 2.31. The summed E-state index contributed by atoms with van der Waals surface area (Å²) in [6.07, 6.45) is 9.57. The Bertz CT molecular complexity index is 972. The van der Waals surface area contributed by atoms with Crippen molar-refractivity contribution in [2.24, 2.45) is 5.92 Å². The molecule has 2 aromatic carbocycles. The molecule has 0 aliphatic heterocycles. The van der Waals surface area contributed by atoms with E-state index in [1.54, 1.807) is 0 Å². The van der Waals surface area contributed by atoms with Crippen molar-refractivity contribution in [3.8, 4) is 0 Å². The summed E-state index contributed by atoms with van der Waals surface area (Å²) in [5.74, 6) is 2.80. The molecule has 33 heavy (non-hydrogen) atoms. The van der Waals surface area contributed by atoms with E-state index in [0.29, 0.717) is 5.92 Å². The lowest BCUT2D eigenvalue weighted by atomic mass is 9.77. The van der Waals surface area contributed by atoms with Gasteiger partial charge >= 0.3 is 0 Å². The molecule has 1 fully saturated rings. The molecule has 0 spiro atoms. The van der Waals surface area contributed by atoms with E-state index in [2.05, 4.69) is 74.0 Å². The summed E-state index contributed by atoms with van der Waals surface area (Å²) in [6, 6.07) is 19.8. The van der Waals surface area contributed by atoms with Gasteiger partial charge in [0.2, 0.25) is 5.89 Å². The number of aromatic nitrogens is 1. The minimum absolute atomic E-state index is 0.270. The standard InChI is InChI=1S/C29H40N3O/c1-30-20-24-16-14-23(15-17-24)18-19-32(2,3)22-27-21-31-29(33-27)28(25-10-6-4-7-11-25)26-12-8-5-9-13-26/h4,6-7,10-11,14-17,21,26,28,30H,5,8-9,12-13,18-20,22H2,1-3H3/q+1/t28-/m1/s1. The molecule has 0 bridgehead atoms.